The van der Waals surface area contributed by atoms with E-state index < -0.39 is 0 Å². The smallest absolute Gasteiger partial charge is 0.142 e. The molecule has 0 aromatic carbocycles. The Morgan fingerprint density at radius 2 is 2.36 bits per heavy atom. The van der Waals surface area contributed by atoms with Gasteiger partial charge in [0.15, 0.2) is 0 Å². The van der Waals surface area contributed by atoms with Crippen molar-refractivity contribution in [3.05, 3.63) is 23.7 Å². The minimum absolute atomic E-state index is 0.0107. The van der Waals surface area contributed by atoms with Crippen molar-refractivity contribution in [1.29, 1.82) is 0 Å². The van der Waals surface area contributed by atoms with Gasteiger partial charge in [0.25, 0.3) is 0 Å². The summed E-state index contributed by atoms with van der Waals surface area (Å²) >= 11 is 0. The summed E-state index contributed by atoms with van der Waals surface area (Å²) in [5, 5.41) is 3.39. The average molecular weight is 194 g/mol. The highest BCUT2D eigenvalue weighted by molar-refractivity contribution is 5.28. The van der Waals surface area contributed by atoms with Crippen LogP contribution in [0.4, 0.5) is 4.39 Å². The molecule has 3 heterocycles. The first-order chi connectivity index (χ1) is 6.84. The van der Waals surface area contributed by atoms with E-state index in [0.29, 0.717) is 5.92 Å². The Hall–Kier alpha value is -0.830. The van der Waals surface area contributed by atoms with Crippen LogP contribution in [-0.4, -0.2) is 31.1 Å². The molecular formula is C11H15FN2. The van der Waals surface area contributed by atoms with Crippen molar-refractivity contribution >= 4 is 0 Å². The fourth-order valence-electron chi connectivity index (χ4n) is 2.93. The van der Waals surface area contributed by atoms with E-state index >= 15 is 0 Å². The molecule has 2 unspecified atom stereocenters. The number of nitrogens with one attached hydrogen (secondary N) is 1. The van der Waals surface area contributed by atoms with Crippen LogP contribution in [0.3, 0.4) is 0 Å². The molecule has 2 nitrogen and oxygen atoms in total. The summed E-state index contributed by atoms with van der Waals surface area (Å²) in [5.41, 5.74) is 0.955. The van der Waals surface area contributed by atoms with E-state index in [0.717, 1.165) is 37.8 Å². The van der Waals surface area contributed by atoms with Crippen LogP contribution >= 0.6 is 0 Å². The quantitative estimate of drug-likeness (QED) is 0.625. The lowest BCUT2D eigenvalue weighted by molar-refractivity contribution is 0.150. The zero-order valence-electron chi connectivity index (χ0n) is 8.17. The van der Waals surface area contributed by atoms with Crippen molar-refractivity contribution in [1.82, 2.24) is 10.2 Å². The van der Waals surface area contributed by atoms with E-state index in [1.807, 2.05) is 6.08 Å². The first-order valence-electron chi connectivity index (χ1n) is 5.36. The third-order valence-electron chi connectivity index (χ3n) is 3.48. The number of piperidine rings is 2. The third kappa shape index (κ3) is 1.19. The van der Waals surface area contributed by atoms with E-state index in [1.165, 1.54) is 6.42 Å². The summed E-state index contributed by atoms with van der Waals surface area (Å²) in [6, 6.07) is 0. The molecule has 0 saturated carbocycles. The van der Waals surface area contributed by atoms with Crippen molar-refractivity contribution in [2.45, 2.75) is 6.42 Å². The number of hydrogen-bond donors (Lipinski definition) is 1. The number of fused-ring (bicyclic) bond motifs is 4. The zero-order chi connectivity index (χ0) is 9.54. The minimum atomic E-state index is -0.0107. The molecule has 76 valence electrons. The lowest BCUT2D eigenvalue weighted by Crippen LogP contribution is -2.50. The molecule has 2 fully saturated rings. The van der Waals surface area contributed by atoms with Crippen LogP contribution in [0.1, 0.15) is 6.42 Å². The Labute approximate surface area is 83.5 Å². The van der Waals surface area contributed by atoms with E-state index in [-0.39, 0.29) is 5.83 Å². The summed E-state index contributed by atoms with van der Waals surface area (Å²) in [4.78, 5) is 2.22. The lowest BCUT2D eigenvalue weighted by atomic mass is 9.82. The maximum absolute atomic E-state index is 13.6. The Bertz CT molecular complexity index is 308. The van der Waals surface area contributed by atoms with E-state index in [1.54, 1.807) is 6.08 Å². The molecule has 3 aliphatic heterocycles. The van der Waals surface area contributed by atoms with Gasteiger partial charge in [0.05, 0.1) is 5.70 Å². The highest BCUT2D eigenvalue weighted by atomic mass is 19.1. The van der Waals surface area contributed by atoms with Gasteiger partial charge >= 0.3 is 0 Å². The van der Waals surface area contributed by atoms with Gasteiger partial charge < -0.3 is 10.2 Å². The van der Waals surface area contributed by atoms with Crippen LogP contribution in [0.5, 0.6) is 0 Å². The van der Waals surface area contributed by atoms with Crippen molar-refractivity contribution in [2.24, 2.45) is 11.8 Å². The fourth-order valence-corrected chi connectivity index (χ4v) is 2.93. The molecule has 14 heavy (non-hydrogen) atoms. The molecule has 0 spiro atoms. The maximum atomic E-state index is 13.6. The number of nitrogens with zero attached hydrogens (tertiary/aromatic N) is 1. The zero-order valence-corrected chi connectivity index (χ0v) is 8.17. The van der Waals surface area contributed by atoms with Crippen molar-refractivity contribution in [2.75, 3.05) is 26.2 Å². The van der Waals surface area contributed by atoms with Gasteiger partial charge in [-0.25, -0.2) is 4.39 Å². The SMILES string of the molecule is FC1=C2C3CNCC(C3)CN2CC=C1. The predicted molar refractivity (Wildman–Crippen MR) is 53.3 cm³/mol. The molecule has 0 aromatic rings. The van der Waals surface area contributed by atoms with Crippen LogP contribution in [-0.2, 0) is 0 Å². The van der Waals surface area contributed by atoms with Crippen LogP contribution in [0.25, 0.3) is 0 Å². The van der Waals surface area contributed by atoms with Crippen molar-refractivity contribution in [3.63, 3.8) is 0 Å². The summed E-state index contributed by atoms with van der Waals surface area (Å²) in [7, 11) is 0. The number of hydrogen-bond acceptors (Lipinski definition) is 2. The first-order valence-corrected chi connectivity index (χ1v) is 5.36. The van der Waals surface area contributed by atoms with Crippen LogP contribution < -0.4 is 5.32 Å². The fraction of sp³-hybridized carbons (Fsp3) is 0.636. The molecule has 3 aliphatic rings. The molecule has 0 amide bonds. The van der Waals surface area contributed by atoms with Gasteiger partial charge in [0, 0.05) is 25.6 Å². The van der Waals surface area contributed by atoms with Gasteiger partial charge in [0.1, 0.15) is 5.83 Å². The van der Waals surface area contributed by atoms with E-state index in [9.17, 15) is 4.39 Å². The summed E-state index contributed by atoms with van der Waals surface area (Å²) < 4.78 is 13.6. The number of halogens is 1. The second kappa shape index (κ2) is 3.09. The standard InChI is InChI=1S/C11H15FN2/c12-10-2-1-3-14-7-8-4-9(11(10)14)6-13-5-8/h1-2,8-9,13H,3-7H2. The number of rotatable bonds is 0. The number of allylic oxidation sites excluding steroid dienone is 2. The second-order valence-electron chi connectivity index (χ2n) is 4.50. The normalized spacial score (nSPS) is 35.9. The topological polar surface area (TPSA) is 15.3 Å². The molecule has 2 bridgehead atoms. The van der Waals surface area contributed by atoms with Crippen molar-refractivity contribution < 1.29 is 4.39 Å². The average Bonchev–Trinajstić information content (AvgIpc) is 2.17. The van der Waals surface area contributed by atoms with Gasteiger partial charge in [-0.1, -0.05) is 6.08 Å². The Balaban J connectivity index is 1.96. The van der Waals surface area contributed by atoms with Crippen LogP contribution in [0.2, 0.25) is 0 Å². The van der Waals surface area contributed by atoms with E-state index in [2.05, 4.69) is 10.2 Å². The molecular weight excluding hydrogens is 179 g/mol. The maximum Gasteiger partial charge on any atom is 0.142 e. The molecule has 3 rings (SSSR count). The molecule has 2 saturated heterocycles. The van der Waals surface area contributed by atoms with Gasteiger partial charge in [0.2, 0.25) is 0 Å². The Morgan fingerprint density at radius 1 is 1.43 bits per heavy atom. The summed E-state index contributed by atoms with van der Waals surface area (Å²) in [6.45, 7) is 3.97. The Morgan fingerprint density at radius 3 is 3.29 bits per heavy atom. The first kappa shape index (κ1) is 8.48. The summed E-state index contributed by atoms with van der Waals surface area (Å²) in [5.74, 6) is 1.12. The van der Waals surface area contributed by atoms with Crippen LogP contribution in [0.15, 0.2) is 23.7 Å². The van der Waals surface area contributed by atoms with Gasteiger partial charge in [-0.3, -0.25) is 0 Å². The molecule has 0 radical (unpaired) electrons. The Kier molecular flexibility index (Phi) is 1.87. The van der Waals surface area contributed by atoms with Crippen LogP contribution in [0, 0.1) is 11.8 Å². The lowest BCUT2D eigenvalue weighted by Gasteiger charge is -2.45. The summed E-state index contributed by atoms with van der Waals surface area (Å²) in [6.07, 6.45) is 4.72. The highest BCUT2D eigenvalue weighted by Gasteiger charge is 2.36. The molecule has 1 N–H and O–H groups in total. The monoisotopic (exact) mass is 194 g/mol. The second-order valence-corrected chi connectivity index (χ2v) is 4.50. The molecule has 0 aromatic heterocycles. The van der Waals surface area contributed by atoms with Gasteiger partial charge in [-0.05, 0) is 25.0 Å². The molecule has 2 atom stereocenters. The molecule has 0 aliphatic carbocycles. The van der Waals surface area contributed by atoms with Gasteiger partial charge in [-0.2, -0.15) is 0 Å². The van der Waals surface area contributed by atoms with Crippen molar-refractivity contribution in [3.8, 4) is 0 Å². The third-order valence-corrected chi connectivity index (χ3v) is 3.48. The largest absolute Gasteiger partial charge is 0.368 e. The van der Waals surface area contributed by atoms with E-state index in [4.69, 9.17) is 0 Å². The highest BCUT2D eigenvalue weighted by Crippen LogP contribution is 2.36. The van der Waals surface area contributed by atoms with Gasteiger partial charge in [-0.15, -0.1) is 0 Å². The minimum Gasteiger partial charge on any atom is -0.368 e. The predicted octanol–water partition coefficient (Wildman–Crippen LogP) is 1.28. The molecule has 3 heteroatoms.